The zero-order chi connectivity index (χ0) is 11.4. The molecular formula is C7H13N3O4S. The highest BCUT2D eigenvalue weighted by Crippen LogP contribution is 2.29. The van der Waals surface area contributed by atoms with Crippen LogP contribution in [0.4, 0.5) is 0 Å². The third-order valence-electron chi connectivity index (χ3n) is 2.27. The molecule has 1 heterocycles. The summed E-state index contributed by atoms with van der Waals surface area (Å²) >= 11 is 1.25. The third-order valence-corrected chi connectivity index (χ3v) is 3.12. The minimum absolute atomic E-state index is 0.391. The second kappa shape index (κ2) is 5.55. The molecule has 1 rings (SSSR count). The van der Waals surface area contributed by atoms with E-state index in [1.807, 2.05) is 0 Å². The van der Waals surface area contributed by atoms with Crippen molar-refractivity contribution < 1.29 is 20.1 Å². The van der Waals surface area contributed by atoms with E-state index in [-0.39, 0.29) is 0 Å². The Balaban J connectivity index is 2.83. The maximum atomic E-state index is 9.65. The van der Waals surface area contributed by atoms with Crippen molar-refractivity contribution in [3.63, 3.8) is 0 Å². The van der Waals surface area contributed by atoms with Gasteiger partial charge < -0.3 is 20.1 Å². The molecule has 0 saturated carbocycles. The minimum atomic E-state index is -1.24. The molecular weight excluding hydrogens is 222 g/mol. The van der Waals surface area contributed by atoms with E-state index in [2.05, 4.69) is 10.0 Å². The highest BCUT2D eigenvalue weighted by Gasteiger charge is 2.43. The lowest BCUT2D eigenvalue weighted by Gasteiger charge is -2.39. The Morgan fingerprint density at radius 1 is 1.47 bits per heavy atom. The van der Waals surface area contributed by atoms with Crippen LogP contribution >= 0.6 is 11.8 Å². The minimum Gasteiger partial charge on any atom is -0.394 e. The first-order chi connectivity index (χ1) is 7.15. The molecule has 0 spiro atoms. The molecule has 1 saturated heterocycles. The standard InChI is InChI=1S/C7H13N3O4S/c1-15-7-4(9-10-8)6(13)5(12)3(2-11)14-7/h3-7,11-13H,2H2,1H3/t3?,4?,5-,6+,7-/m0/s1. The number of hydrogen-bond donors (Lipinski definition) is 3. The van der Waals surface area contributed by atoms with Crippen molar-refractivity contribution in [2.75, 3.05) is 12.9 Å². The van der Waals surface area contributed by atoms with Gasteiger partial charge in [-0.3, -0.25) is 0 Å². The first kappa shape index (κ1) is 12.6. The second-order valence-electron chi connectivity index (χ2n) is 3.14. The normalized spacial score (nSPS) is 40.9. The second-order valence-corrected chi connectivity index (χ2v) is 4.07. The highest BCUT2D eigenvalue weighted by atomic mass is 32.2. The molecule has 0 radical (unpaired) electrons. The lowest BCUT2D eigenvalue weighted by molar-refractivity contribution is -0.165. The molecule has 8 heteroatoms. The maximum absolute atomic E-state index is 9.65. The van der Waals surface area contributed by atoms with Gasteiger partial charge in [-0.15, -0.1) is 11.8 Å². The van der Waals surface area contributed by atoms with Crippen LogP contribution in [0.2, 0.25) is 0 Å². The average molecular weight is 235 g/mol. The topological polar surface area (TPSA) is 119 Å². The Bertz CT molecular complexity index is 259. The molecule has 0 aromatic rings. The van der Waals surface area contributed by atoms with Gasteiger partial charge in [-0.25, -0.2) is 0 Å². The van der Waals surface area contributed by atoms with E-state index < -0.39 is 36.4 Å². The zero-order valence-electron chi connectivity index (χ0n) is 8.09. The largest absolute Gasteiger partial charge is 0.394 e. The van der Waals surface area contributed by atoms with Gasteiger partial charge in [0.25, 0.3) is 0 Å². The fraction of sp³-hybridized carbons (Fsp3) is 1.00. The van der Waals surface area contributed by atoms with Crippen LogP contribution in [0, 0.1) is 0 Å². The molecule has 3 N–H and O–H groups in total. The van der Waals surface area contributed by atoms with Crippen molar-refractivity contribution in [2.45, 2.75) is 29.8 Å². The molecule has 0 bridgehead atoms. The predicted octanol–water partition coefficient (Wildman–Crippen LogP) is -0.533. The molecule has 86 valence electrons. The van der Waals surface area contributed by atoms with Gasteiger partial charge in [-0.05, 0) is 11.8 Å². The van der Waals surface area contributed by atoms with Gasteiger partial charge in [0.15, 0.2) is 0 Å². The molecule has 0 aromatic carbocycles. The molecule has 5 atom stereocenters. The van der Waals surface area contributed by atoms with Crippen molar-refractivity contribution in [1.29, 1.82) is 0 Å². The van der Waals surface area contributed by atoms with Gasteiger partial charge in [-0.2, -0.15) is 0 Å². The van der Waals surface area contributed by atoms with Gasteiger partial charge >= 0.3 is 0 Å². The lowest BCUT2D eigenvalue weighted by atomic mass is 9.99. The van der Waals surface area contributed by atoms with Gasteiger partial charge in [0.1, 0.15) is 23.7 Å². The van der Waals surface area contributed by atoms with Gasteiger partial charge in [0.2, 0.25) is 0 Å². The van der Waals surface area contributed by atoms with Crippen molar-refractivity contribution in [3.8, 4) is 0 Å². The van der Waals surface area contributed by atoms with Gasteiger partial charge in [0, 0.05) is 4.91 Å². The number of rotatable bonds is 3. The average Bonchev–Trinajstić information content (AvgIpc) is 2.25. The number of aliphatic hydroxyl groups excluding tert-OH is 3. The van der Waals surface area contributed by atoms with Crippen LogP contribution in [0.1, 0.15) is 0 Å². The van der Waals surface area contributed by atoms with E-state index in [0.29, 0.717) is 0 Å². The third kappa shape index (κ3) is 2.54. The SMILES string of the molecule is CS[C@@H]1OC(CO)[C@H](O)[C@H](O)C1N=[N+]=[N-]. The van der Waals surface area contributed by atoms with Crippen LogP contribution in [0.5, 0.6) is 0 Å². The summed E-state index contributed by atoms with van der Waals surface area (Å²) in [6.07, 6.45) is -1.58. The van der Waals surface area contributed by atoms with Crippen molar-refractivity contribution in [3.05, 3.63) is 10.4 Å². The first-order valence-corrected chi connectivity index (χ1v) is 5.64. The fourth-order valence-electron chi connectivity index (χ4n) is 1.44. The number of azide groups is 1. The molecule has 15 heavy (non-hydrogen) atoms. The first-order valence-electron chi connectivity index (χ1n) is 4.35. The van der Waals surface area contributed by atoms with Crippen molar-refractivity contribution in [2.24, 2.45) is 5.11 Å². The van der Waals surface area contributed by atoms with E-state index in [4.69, 9.17) is 15.4 Å². The Kier molecular flexibility index (Phi) is 4.65. The predicted molar refractivity (Wildman–Crippen MR) is 54.2 cm³/mol. The molecule has 0 amide bonds. The fourth-order valence-corrected chi connectivity index (χ4v) is 2.19. The summed E-state index contributed by atoms with van der Waals surface area (Å²) in [5, 5.41) is 31.5. The van der Waals surface area contributed by atoms with Crippen molar-refractivity contribution >= 4 is 11.8 Å². The lowest BCUT2D eigenvalue weighted by Crippen LogP contribution is -2.56. The number of thioether (sulfide) groups is 1. The quantitative estimate of drug-likeness (QED) is 0.345. The van der Waals surface area contributed by atoms with E-state index in [1.54, 1.807) is 6.26 Å². The van der Waals surface area contributed by atoms with Crippen LogP contribution in [0.3, 0.4) is 0 Å². The van der Waals surface area contributed by atoms with Crippen LogP contribution in [-0.4, -0.2) is 58.0 Å². The molecule has 0 aliphatic carbocycles. The maximum Gasteiger partial charge on any atom is 0.114 e. The van der Waals surface area contributed by atoms with Crippen LogP contribution in [-0.2, 0) is 4.74 Å². The Hall–Kier alpha value is -0.500. The summed E-state index contributed by atoms with van der Waals surface area (Å²) in [4.78, 5) is 2.59. The monoisotopic (exact) mass is 235 g/mol. The smallest absolute Gasteiger partial charge is 0.114 e. The summed E-state index contributed by atoms with van der Waals surface area (Å²) in [6.45, 7) is -0.391. The Morgan fingerprint density at radius 2 is 2.13 bits per heavy atom. The van der Waals surface area contributed by atoms with Crippen molar-refractivity contribution in [1.82, 2.24) is 0 Å². The summed E-state index contributed by atoms with van der Waals surface area (Å²) in [5.74, 6) is 0. The zero-order valence-corrected chi connectivity index (χ0v) is 8.91. The summed E-state index contributed by atoms with van der Waals surface area (Å²) < 4.78 is 5.27. The van der Waals surface area contributed by atoms with E-state index >= 15 is 0 Å². The Labute approximate surface area is 90.7 Å². The molecule has 1 fully saturated rings. The number of nitrogens with zero attached hydrogens (tertiary/aromatic N) is 3. The molecule has 0 aromatic heterocycles. The van der Waals surface area contributed by atoms with Crippen LogP contribution < -0.4 is 0 Å². The van der Waals surface area contributed by atoms with Crippen LogP contribution in [0.25, 0.3) is 10.4 Å². The Morgan fingerprint density at radius 3 is 2.60 bits per heavy atom. The van der Waals surface area contributed by atoms with Gasteiger partial charge in [-0.1, -0.05) is 5.11 Å². The summed E-state index contributed by atoms with van der Waals surface area (Å²) in [7, 11) is 0. The molecule has 7 nitrogen and oxygen atoms in total. The van der Waals surface area contributed by atoms with Crippen LogP contribution in [0.15, 0.2) is 5.11 Å². The number of hydrogen-bond acceptors (Lipinski definition) is 6. The van der Waals surface area contributed by atoms with E-state index in [0.717, 1.165) is 0 Å². The summed E-state index contributed by atoms with van der Waals surface area (Å²) in [5.41, 5.74) is 7.75. The van der Waals surface area contributed by atoms with E-state index in [1.165, 1.54) is 11.8 Å². The number of ether oxygens (including phenoxy) is 1. The summed E-state index contributed by atoms with van der Waals surface area (Å²) in [6, 6.07) is -0.845. The molecule has 2 unspecified atom stereocenters. The van der Waals surface area contributed by atoms with E-state index in [9.17, 15) is 10.2 Å². The molecule has 1 aliphatic heterocycles. The highest BCUT2D eigenvalue weighted by molar-refractivity contribution is 7.99. The number of aliphatic hydroxyl groups is 3. The molecule has 1 aliphatic rings. The van der Waals surface area contributed by atoms with Gasteiger partial charge in [0.05, 0.1) is 12.7 Å².